The Morgan fingerprint density at radius 2 is 2.14 bits per heavy atom. The lowest BCUT2D eigenvalue weighted by molar-refractivity contribution is 0.270. The Labute approximate surface area is 128 Å². The molecule has 2 rings (SSSR count). The van der Waals surface area contributed by atoms with Gasteiger partial charge in [-0.25, -0.2) is 0 Å². The van der Waals surface area contributed by atoms with Crippen LogP contribution in [-0.2, 0) is 0 Å². The standard InChI is InChI=1S/C17H29N3O/c1-4-9-21-17-11-14(18)10-16(12-17)19(3)13-15-7-6-8-20(15)5-2/h10-12,15H,4-9,13,18H2,1-3H3. The topological polar surface area (TPSA) is 41.7 Å². The predicted octanol–water partition coefficient (Wildman–Crippen LogP) is 2.98. The number of benzene rings is 1. The molecule has 0 spiro atoms. The molecule has 0 amide bonds. The molecule has 1 saturated heterocycles. The van der Waals surface area contributed by atoms with E-state index in [1.807, 2.05) is 12.1 Å². The number of likely N-dealkylation sites (N-methyl/N-ethyl adjacent to an activating group) is 2. The molecule has 0 saturated carbocycles. The smallest absolute Gasteiger partial charge is 0.123 e. The first-order valence-corrected chi connectivity index (χ1v) is 8.12. The average Bonchev–Trinajstić information content (AvgIpc) is 2.91. The number of nitrogen functional groups attached to an aromatic ring is 1. The van der Waals surface area contributed by atoms with Gasteiger partial charge in [0.25, 0.3) is 0 Å². The van der Waals surface area contributed by atoms with E-state index in [1.165, 1.54) is 19.4 Å². The monoisotopic (exact) mass is 291 g/mol. The molecule has 118 valence electrons. The van der Waals surface area contributed by atoms with Crippen molar-refractivity contribution in [3.8, 4) is 5.75 Å². The Kier molecular flexibility index (Phi) is 5.74. The number of ether oxygens (including phenoxy) is 1. The quantitative estimate of drug-likeness (QED) is 0.784. The molecule has 1 atom stereocenters. The fraction of sp³-hybridized carbons (Fsp3) is 0.647. The van der Waals surface area contributed by atoms with Gasteiger partial charge in [-0.2, -0.15) is 0 Å². The van der Waals surface area contributed by atoms with Crippen LogP contribution in [0.15, 0.2) is 18.2 Å². The molecular formula is C17H29N3O. The van der Waals surface area contributed by atoms with Crippen LogP contribution in [0.3, 0.4) is 0 Å². The summed E-state index contributed by atoms with van der Waals surface area (Å²) in [6.07, 6.45) is 3.61. The second-order valence-electron chi connectivity index (χ2n) is 5.91. The Balaban J connectivity index is 2.04. The second kappa shape index (κ2) is 7.55. The lowest BCUT2D eigenvalue weighted by atomic mass is 10.2. The lowest BCUT2D eigenvalue weighted by Crippen LogP contribution is -2.38. The van der Waals surface area contributed by atoms with Crippen molar-refractivity contribution in [1.82, 2.24) is 4.90 Å². The van der Waals surface area contributed by atoms with Gasteiger partial charge < -0.3 is 15.4 Å². The van der Waals surface area contributed by atoms with Crippen LogP contribution in [0, 0.1) is 0 Å². The minimum atomic E-state index is 0.654. The van der Waals surface area contributed by atoms with Gasteiger partial charge in [0, 0.05) is 43.1 Å². The molecule has 1 aliphatic heterocycles. The SMILES string of the molecule is CCCOc1cc(N)cc(N(C)CC2CCCN2CC)c1. The number of nitrogens with two attached hydrogens (primary N) is 1. The van der Waals surface area contributed by atoms with Crippen molar-refractivity contribution in [2.24, 2.45) is 0 Å². The highest BCUT2D eigenvalue weighted by Crippen LogP contribution is 2.27. The van der Waals surface area contributed by atoms with E-state index >= 15 is 0 Å². The molecule has 0 radical (unpaired) electrons. The number of rotatable bonds is 7. The largest absolute Gasteiger partial charge is 0.493 e. The molecule has 1 heterocycles. The summed E-state index contributed by atoms with van der Waals surface area (Å²) in [7, 11) is 2.14. The van der Waals surface area contributed by atoms with E-state index in [4.69, 9.17) is 10.5 Å². The van der Waals surface area contributed by atoms with Crippen LogP contribution < -0.4 is 15.4 Å². The highest BCUT2D eigenvalue weighted by molar-refractivity contribution is 5.60. The van der Waals surface area contributed by atoms with Crippen LogP contribution in [0.5, 0.6) is 5.75 Å². The van der Waals surface area contributed by atoms with Crippen molar-refractivity contribution in [3.63, 3.8) is 0 Å². The molecule has 0 aliphatic carbocycles. The van der Waals surface area contributed by atoms with Crippen molar-refractivity contribution in [2.75, 3.05) is 43.9 Å². The zero-order valence-electron chi connectivity index (χ0n) is 13.6. The van der Waals surface area contributed by atoms with E-state index in [9.17, 15) is 0 Å². The molecule has 4 nitrogen and oxygen atoms in total. The minimum absolute atomic E-state index is 0.654. The average molecular weight is 291 g/mol. The van der Waals surface area contributed by atoms with E-state index in [2.05, 4.69) is 36.8 Å². The van der Waals surface area contributed by atoms with Crippen molar-refractivity contribution < 1.29 is 4.74 Å². The first-order valence-electron chi connectivity index (χ1n) is 8.12. The van der Waals surface area contributed by atoms with Gasteiger partial charge in [0.15, 0.2) is 0 Å². The van der Waals surface area contributed by atoms with Crippen molar-refractivity contribution >= 4 is 11.4 Å². The highest BCUT2D eigenvalue weighted by atomic mass is 16.5. The highest BCUT2D eigenvalue weighted by Gasteiger charge is 2.24. The van der Waals surface area contributed by atoms with Crippen LogP contribution in [-0.4, -0.2) is 44.2 Å². The molecule has 1 aromatic carbocycles. The molecule has 0 aromatic heterocycles. The number of hydrogen-bond donors (Lipinski definition) is 1. The minimum Gasteiger partial charge on any atom is -0.493 e. The normalized spacial score (nSPS) is 18.9. The van der Waals surface area contributed by atoms with Gasteiger partial charge in [-0.1, -0.05) is 13.8 Å². The molecule has 21 heavy (non-hydrogen) atoms. The maximum atomic E-state index is 6.01. The Morgan fingerprint density at radius 1 is 1.33 bits per heavy atom. The van der Waals surface area contributed by atoms with Gasteiger partial charge in [-0.15, -0.1) is 0 Å². The van der Waals surface area contributed by atoms with E-state index in [-0.39, 0.29) is 0 Å². The summed E-state index contributed by atoms with van der Waals surface area (Å²) in [5.41, 5.74) is 7.92. The molecule has 0 bridgehead atoms. The van der Waals surface area contributed by atoms with Crippen LogP contribution in [0.2, 0.25) is 0 Å². The molecule has 1 unspecified atom stereocenters. The fourth-order valence-electron chi connectivity index (χ4n) is 3.07. The Bertz CT molecular complexity index is 450. The predicted molar refractivity (Wildman–Crippen MR) is 90.2 cm³/mol. The summed E-state index contributed by atoms with van der Waals surface area (Å²) < 4.78 is 5.72. The first-order chi connectivity index (χ1) is 10.1. The van der Waals surface area contributed by atoms with Crippen LogP contribution >= 0.6 is 0 Å². The van der Waals surface area contributed by atoms with Gasteiger partial charge in [0.2, 0.25) is 0 Å². The third-order valence-corrected chi connectivity index (χ3v) is 4.22. The summed E-state index contributed by atoms with van der Waals surface area (Å²) in [6.45, 7) is 8.51. The van der Waals surface area contributed by atoms with Crippen LogP contribution in [0.1, 0.15) is 33.1 Å². The zero-order valence-corrected chi connectivity index (χ0v) is 13.6. The zero-order chi connectivity index (χ0) is 15.2. The third-order valence-electron chi connectivity index (χ3n) is 4.22. The van der Waals surface area contributed by atoms with Crippen molar-refractivity contribution in [1.29, 1.82) is 0 Å². The molecule has 2 N–H and O–H groups in total. The molecule has 1 aliphatic rings. The van der Waals surface area contributed by atoms with Gasteiger partial charge >= 0.3 is 0 Å². The molecule has 1 fully saturated rings. The number of anilines is 2. The van der Waals surface area contributed by atoms with E-state index in [1.54, 1.807) is 0 Å². The van der Waals surface area contributed by atoms with Gasteiger partial charge in [-0.3, -0.25) is 4.90 Å². The Morgan fingerprint density at radius 3 is 2.86 bits per heavy atom. The molecular weight excluding hydrogens is 262 g/mol. The van der Waals surface area contributed by atoms with E-state index < -0.39 is 0 Å². The number of likely N-dealkylation sites (tertiary alicyclic amines) is 1. The van der Waals surface area contributed by atoms with Gasteiger partial charge in [0.1, 0.15) is 5.75 Å². The van der Waals surface area contributed by atoms with Crippen molar-refractivity contribution in [2.45, 2.75) is 39.2 Å². The van der Waals surface area contributed by atoms with Crippen LogP contribution in [0.25, 0.3) is 0 Å². The summed E-state index contributed by atoms with van der Waals surface area (Å²) in [4.78, 5) is 4.87. The summed E-state index contributed by atoms with van der Waals surface area (Å²) >= 11 is 0. The first kappa shape index (κ1) is 16.0. The number of hydrogen-bond acceptors (Lipinski definition) is 4. The van der Waals surface area contributed by atoms with E-state index in [0.29, 0.717) is 6.04 Å². The summed E-state index contributed by atoms with van der Waals surface area (Å²) in [6, 6.07) is 6.68. The Hall–Kier alpha value is -1.42. The lowest BCUT2D eigenvalue weighted by Gasteiger charge is -2.29. The summed E-state index contributed by atoms with van der Waals surface area (Å²) in [5.74, 6) is 0.873. The van der Waals surface area contributed by atoms with Gasteiger partial charge in [0.05, 0.1) is 6.61 Å². The number of nitrogens with zero attached hydrogens (tertiary/aromatic N) is 2. The van der Waals surface area contributed by atoms with Crippen molar-refractivity contribution in [3.05, 3.63) is 18.2 Å². The maximum absolute atomic E-state index is 6.01. The maximum Gasteiger partial charge on any atom is 0.123 e. The molecule has 4 heteroatoms. The van der Waals surface area contributed by atoms with Crippen LogP contribution in [0.4, 0.5) is 11.4 Å². The van der Waals surface area contributed by atoms with Gasteiger partial charge in [-0.05, 0) is 38.4 Å². The molecule has 1 aromatic rings. The second-order valence-corrected chi connectivity index (χ2v) is 5.91. The van der Waals surface area contributed by atoms with E-state index in [0.717, 1.165) is 43.2 Å². The summed E-state index contributed by atoms with van der Waals surface area (Å²) in [5, 5.41) is 0. The third kappa shape index (κ3) is 4.27. The fourth-order valence-corrected chi connectivity index (χ4v) is 3.07.